The zero-order chi connectivity index (χ0) is 29.9. The van der Waals surface area contributed by atoms with Crippen LogP contribution in [0, 0.1) is 5.82 Å². The fourth-order valence-corrected chi connectivity index (χ4v) is 5.38. The summed E-state index contributed by atoms with van der Waals surface area (Å²) in [6, 6.07) is 13.3. The van der Waals surface area contributed by atoms with Crippen molar-refractivity contribution in [1.29, 1.82) is 0 Å². The molecule has 3 heterocycles. The number of carbonyl (C=O) groups is 3. The highest BCUT2D eigenvalue weighted by Crippen LogP contribution is 2.35. The Labute approximate surface area is 246 Å². The van der Waals surface area contributed by atoms with Gasteiger partial charge in [0.25, 0.3) is 17.7 Å². The van der Waals surface area contributed by atoms with Gasteiger partial charge in [-0.3, -0.25) is 14.4 Å². The first-order valence-electron chi connectivity index (χ1n) is 13.9. The summed E-state index contributed by atoms with van der Waals surface area (Å²) >= 11 is 0. The Hall–Kier alpha value is -5.00. The van der Waals surface area contributed by atoms with Gasteiger partial charge in [0.2, 0.25) is 0 Å². The monoisotopic (exact) mass is 591 g/mol. The van der Waals surface area contributed by atoms with E-state index in [0.29, 0.717) is 54.6 Å². The van der Waals surface area contributed by atoms with Crippen LogP contribution in [0.15, 0.2) is 54.6 Å². The summed E-state index contributed by atoms with van der Waals surface area (Å²) in [5, 5.41) is 5.69. The standard InChI is InChI=1S/C31H30FN3O8/c1-39-25-6-5-19-13-27(25)42-17-28(36)34-23-16-35(31(38)22-3-2-4-26-29(22)41-10-9-40-26)8-7-24(23)43-21-12-18(11-20(32)14-21)15-33-30(19)37/h2-6,11-14,23-24H,7-10,15-17H2,1H3,(H,33,37)(H,34,36)/t23-,24+/m1/s1. The maximum Gasteiger partial charge on any atom is 0.258 e. The number of methoxy groups -OCH3 is 1. The van der Waals surface area contributed by atoms with Crippen LogP contribution in [0.3, 0.4) is 0 Å². The molecule has 3 aliphatic rings. The number of piperidine rings is 1. The van der Waals surface area contributed by atoms with E-state index in [2.05, 4.69) is 10.6 Å². The molecule has 0 saturated carbocycles. The second kappa shape index (κ2) is 12.1. The topological polar surface area (TPSA) is 125 Å². The quantitative estimate of drug-likeness (QED) is 0.466. The summed E-state index contributed by atoms with van der Waals surface area (Å²) in [7, 11) is 1.45. The number of hydrogen-bond acceptors (Lipinski definition) is 8. The third-order valence-electron chi connectivity index (χ3n) is 7.44. The third-order valence-corrected chi connectivity index (χ3v) is 7.44. The van der Waals surface area contributed by atoms with Crippen LogP contribution in [0.4, 0.5) is 4.39 Å². The molecule has 2 atom stereocenters. The van der Waals surface area contributed by atoms with Crippen molar-refractivity contribution in [3.63, 3.8) is 0 Å². The number of ether oxygens (including phenoxy) is 5. The molecule has 0 radical (unpaired) electrons. The van der Waals surface area contributed by atoms with Crippen molar-refractivity contribution in [1.82, 2.24) is 15.5 Å². The first-order valence-corrected chi connectivity index (χ1v) is 13.9. The number of nitrogens with zero attached hydrogens (tertiary/aromatic N) is 1. The predicted octanol–water partition coefficient (Wildman–Crippen LogP) is 2.71. The van der Waals surface area contributed by atoms with Crippen molar-refractivity contribution in [3.05, 3.63) is 77.1 Å². The lowest BCUT2D eigenvalue weighted by atomic mass is 10.00. The number of amides is 3. The molecular formula is C31H30FN3O8. The van der Waals surface area contributed by atoms with E-state index in [4.69, 9.17) is 23.7 Å². The summed E-state index contributed by atoms with van der Waals surface area (Å²) in [6.45, 7) is 0.832. The Morgan fingerprint density at radius 1 is 1.02 bits per heavy atom. The van der Waals surface area contributed by atoms with Crippen LogP contribution in [0.5, 0.6) is 28.7 Å². The van der Waals surface area contributed by atoms with Crippen LogP contribution in [-0.2, 0) is 11.3 Å². The molecule has 2 N–H and O–H groups in total. The Kier molecular flexibility index (Phi) is 7.91. The molecule has 43 heavy (non-hydrogen) atoms. The van der Waals surface area contributed by atoms with Gasteiger partial charge < -0.3 is 39.2 Å². The van der Waals surface area contributed by atoms with Crippen LogP contribution < -0.4 is 34.3 Å². The Morgan fingerprint density at radius 2 is 1.88 bits per heavy atom. The van der Waals surface area contributed by atoms with Gasteiger partial charge in [0.15, 0.2) is 29.6 Å². The lowest BCUT2D eigenvalue weighted by molar-refractivity contribution is -0.125. The van der Waals surface area contributed by atoms with Crippen LogP contribution >= 0.6 is 0 Å². The van der Waals surface area contributed by atoms with Crippen LogP contribution in [0.25, 0.3) is 0 Å². The van der Waals surface area contributed by atoms with Gasteiger partial charge in [-0.05, 0) is 48.0 Å². The summed E-state index contributed by atoms with van der Waals surface area (Å²) < 4.78 is 43.3. The van der Waals surface area contributed by atoms with E-state index in [-0.39, 0.29) is 42.7 Å². The van der Waals surface area contributed by atoms with Crippen LogP contribution in [-0.4, -0.2) is 74.8 Å². The SMILES string of the molecule is COc1ccc2cc1OCC(=O)N[C@@H]1CN(C(=O)c3cccc4c3OCCO4)CC[C@@H]1Oc1cc(F)cc(c1)CNC2=O. The number of fused-ring (bicyclic) bond motifs is 6. The number of halogens is 1. The maximum absolute atomic E-state index is 14.6. The second-order valence-corrected chi connectivity index (χ2v) is 10.3. The predicted molar refractivity (Wildman–Crippen MR) is 150 cm³/mol. The average Bonchev–Trinajstić information content (AvgIpc) is 3.02. The zero-order valence-corrected chi connectivity index (χ0v) is 23.4. The summed E-state index contributed by atoms with van der Waals surface area (Å²) in [6.07, 6.45) is -0.241. The molecule has 6 rings (SSSR count). The van der Waals surface area contributed by atoms with E-state index in [1.54, 1.807) is 41.3 Å². The molecule has 1 saturated heterocycles. The van der Waals surface area contributed by atoms with Crippen molar-refractivity contribution in [3.8, 4) is 28.7 Å². The zero-order valence-electron chi connectivity index (χ0n) is 23.4. The molecule has 1 fully saturated rings. The number of para-hydroxylation sites is 1. The fraction of sp³-hybridized carbons (Fsp3) is 0.323. The van der Waals surface area contributed by atoms with Crippen molar-refractivity contribution in [2.45, 2.75) is 25.1 Å². The molecule has 3 aliphatic heterocycles. The van der Waals surface area contributed by atoms with E-state index in [0.717, 1.165) is 0 Å². The summed E-state index contributed by atoms with van der Waals surface area (Å²) in [5.74, 6) is -0.0218. The number of benzene rings is 3. The number of hydrogen-bond donors (Lipinski definition) is 2. The van der Waals surface area contributed by atoms with Crippen molar-refractivity contribution < 1.29 is 42.5 Å². The molecular weight excluding hydrogens is 561 g/mol. The van der Waals surface area contributed by atoms with Crippen molar-refractivity contribution in [2.75, 3.05) is 40.0 Å². The number of likely N-dealkylation sites (tertiary alicyclic amines) is 1. The maximum atomic E-state index is 14.6. The number of carbonyl (C=O) groups excluding carboxylic acids is 3. The van der Waals surface area contributed by atoms with Gasteiger partial charge in [-0.15, -0.1) is 0 Å². The van der Waals surface area contributed by atoms with E-state index >= 15 is 0 Å². The smallest absolute Gasteiger partial charge is 0.258 e. The highest BCUT2D eigenvalue weighted by Gasteiger charge is 2.36. The van der Waals surface area contributed by atoms with E-state index < -0.39 is 29.8 Å². The molecule has 0 spiro atoms. The largest absolute Gasteiger partial charge is 0.493 e. The minimum atomic E-state index is -0.655. The number of nitrogens with one attached hydrogen (secondary N) is 2. The van der Waals surface area contributed by atoms with Gasteiger partial charge in [-0.25, -0.2) is 4.39 Å². The van der Waals surface area contributed by atoms with E-state index in [9.17, 15) is 18.8 Å². The molecule has 11 nitrogen and oxygen atoms in total. The van der Waals surface area contributed by atoms with Gasteiger partial charge >= 0.3 is 0 Å². The van der Waals surface area contributed by atoms with Crippen LogP contribution in [0.2, 0.25) is 0 Å². The Morgan fingerprint density at radius 3 is 2.74 bits per heavy atom. The highest BCUT2D eigenvalue weighted by molar-refractivity contribution is 5.98. The molecule has 0 aliphatic carbocycles. The molecule has 0 unspecified atom stereocenters. The Balaban J connectivity index is 1.29. The molecule has 224 valence electrons. The van der Waals surface area contributed by atoms with Crippen molar-refractivity contribution in [2.24, 2.45) is 0 Å². The minimum absolute atomic E-state index is 0.0511. The summed E-state index contributed by atoms with van der Waals surface area (Å²) in [4.78, 5) is 41.2. The van der Waals surface area contributed by atoms with Gasteiger partial charge in [-0.1, -0.05) is 6.07 Å². The first kappa shape index (κ1) is 28.1. The molecule has 3 aromatic carbocycles. The van der Waals surface area contributed by atoms with Crippen LogP contribution in [0.1, 0.15) is 32.7 Å². The summed E-state index contributed by atoms with van der Waals surface area (Å²) in [5.41, 5.74) is 1.13. The molecule has 0 aromatic heterocycles. The normalized spacial score (nSPS) is 20.0. The Bertz CT molecular complexity index is 1560. The van der Waals surface area contributed by atoms with E-state index in [1.165, 1.54) is 25.3 Å². The van der Waals surface area contributed by atoms with Gasteiger partial charge in [0.05, 0.1) is 18.7 Å². The highest BCUT2D eigenvalue weighted by atomic mass is 19.1. The lowest BCUT2D eigenvalue weighted by Gasteiger charge is -2.39. The molecule has 3 amide bonds. The number of rotatable bonds is 2. The minimum Gasteiger partial charge on any atom is -0.493 e. The molecule has 12 heteroatoms. The second-order valence-electron chi connectivity index (χ2n) is 10.3. The lowest BCUT2D eigenvalue weighted by Crippen LogP contribution is -2.58. The average molecular weight is 592 g/mol. The fourth-order valence-electron chi connectivity index (χ4n) is 5.38. The van der Waals surface area contributed by atoms with Gasteiger partial charge in [0, 0.05) is 37.7 Å². The van der Waals surface area contributed by atoms with E-state index in [1.807, 2.05) is 0 Å². The molecule has 3 aromatic rings. The first-order chi connectivity index (χ1) is 20.9. The van der Waals surface area contributed by atoms with Gasteiger partial charge in [0.1, 0.15) is 30.9 Å². The van der Waals surface area contributed by atoms with Crippen molar-refractivity contribution >= 4 is 17.7 Å². The van der Waals surface area contributed by atoms with Gasteiger partial charge in [-0.2, -0.15) is 0 Å². The third kappa shape index (κ3) is 6.13. The molecule has 4 bridgehead atoms.